The van der Waals surface area contributed by atoms with Gasteiger partial charge in [0.25, 0.3) is 0 Å². The van der Waals surface area contributed by atoms with Crippen LogP contribution in [0.15, 0.2) is 0 Å². The molecule has 0 rings (SSSR count). The van der Waals surface area contributed by atoms with E-state index < -0.39 is 5.54 Å². The molecule has 16 nitrogen and oxygen atoms in total. The van der Waals surface area contributed by atoms with Crippen LogP contribution in [0.25, 0.3) is 0 Å². The molecule has 0 bridgehead atoms. The van der Waals surface area contributed by atoms with Crippen molar-refractivity contribution in [2.45, 2.75) is 44.1 Å². The number of carbonyl (C=O) groups excluding carboxylic acids is 3. The Balaban J connectivity index is 4.49. The van der Waals surface area contributed by atoms with Crippen molar-refractivity contribution in [2.75, 3.05) is 139 Å². The lowest BCUT2D eigenvalue weighted by molar-refractivity contribution is -0.121. The minimum Gasteiger partial charge on any atom is -0.377 e. The van der Waals surface area contributed by atoms with Crippen LogP contribution in [0.2, 0.25) is 0 Å². The van der Waals surface area contributed by atoms with Gasteiger partial charge in [-0.25, -0.2) is 0 Å². The van der Waals surface area contributed by atoms with E-state index in [9.17, 15) is 14.4 Å². The van der Waals surface area contributed by atoms with Crippen molar-refractivity contribution < 1.29 is 57.0 Å². The number of terminal acetylenes is 3. The van der Waals surface area contributed by atoms with Crippen molar-refractivity contribution >= 4 is 17.7 Å². The van der Waals surface area contributed by atoms with E-state index in [0.717, 1.165) is 0 Å². The van der Waals surface area contributed by atoms with Gasteiger partial charge in [-0.1, -0.05) is 17.8 Å². The molecule has 0 aliphatic carbocycles. The van der Waals surface area contributed by atoms with Crippen LogP contribution in [-0.2, 0) is 57.0 Å². The number of hydrogen-bond donors (Lipinski definition) is 4. The molecule has 0 heterocycles. The fraction of sp³-hybridized carbons (Fsp3) is 0.757. The molecule has 0 aromatic rings. The molecule has 0 spiro atoms. The predicted octanol–water partition coefficient (Wildman–Crippen LogP) is -0.578. The van der Waals surface area contributed by atoms with Gasteiger partial charge in [-0.15, -0.1) is 19.3 Å². The smallest absolute Gasteiger partial charge is 0.220 e. The third-order valence-electron chi connectivity index (χ3n) is 7.04. The van der Waals surface area contributed by atoms with Crippen molar-refractivity contribution in [1.29, 1.82) is 0 Å². The zero-order valence-corrected chi connectivity index (χ0v) is 31.3. The van der Waals surface area contributed by atoms with Crippen LogP contribution in [0.1, 0.15) is 38.5 Å². The van der Waals surface area contributed by atoms with Gasteiger partial charge in [-0.2, -0.15) is 0 Å². The van der Waals surface area contributed by atoms with Gasteiger partial charge < -0.3 is 64.3 Å². The zero-order chi connectivity index (χ0) is 38.9. The molecule has 0 aliphatic heterocycles. The van der Waals surface area contributed by atoms with Crippen LogP contribution >= 0.6 is 0 Å². The minimum absolute atomic E-state index is 0.123. The molecule has 3 amide bonds. The summed E-state index contributed by atoms with van der Waals surface area (Å²) in [5, 5.41) is 8.42. The maximum Gasteiger partial charge on any atom is 0.220 e. The van der Waals surface area contributed by atoms with E-state index in [4.69, 9.17) is 67.6 Å². The fourth-order valence-corrected chi connectivity index (χ4v) is 4.23. The van der Waals surface area contributed by atoms with Gasteiger partial charge in [-0.3, -0.25) is 14.4 Å². The van der Waals surface area contributed by atoms with Crippen molar-refractivity contribution in [3.8, 4) is 37.0 Å². The van der Waals surface area contributed by atoms with Crippen LogP contribution < -0.4 is 21.7 Å². The first-order chi connectivity index (χ1) is 25.9. The normalized spacial score (nSPS) is 11.0. The molecule has 0 radical (unpaired) electrons. The van der Waals surface area contributed by atoms with E-state index in [0.29, 0.717) is 119 Å². The molecule has 0 unspecified atom stereocenters. The Bertz CT molecular complexity index is 918. The summed E-state index contributed by atoms with van der Waals surface area (Å²) in [6.07, 6.45) is 16.5. The molecule has 0 aromatic carbocycles. The van der Waals surface area contributed by atoms with Gasteiger partial charge in [0, 0.05) is 44.4 Å². The fourth-order valence-electron chi connectivity index (χ4n) is 4.23. The van der Waals surface area contributed by atoms with Crippen LogP contribution in [0.3, 0.4) is 0 Å². The van der Waals surface area contributed by atoms with E-state index in [2.05, 4.69) is 33.7 Å². The van der Waals surface area contributed by atoms with Crippen LogP contribution in [0, 0.1) is 37.0 Å². The third kappa shape index (κ3) is 36.8. The van der Waals surface area contributed by atoms with Gasteiger partial charge in [0.05, 0.1) is 99.1 Å². The highest BCUT2D eigenvalue weighted by molar-refractivity contribution is 5.77. The lowest BCUT2D eigenvalue weighted by Gasteiger charge is -2.29. The highest BCUT2D eigenvalue weighted by Crippen LogP contribution is 2.23. The van der Waals surface area contributed by atoms with Gasteiger partial charge in [0.1, 0.15) is 19.8 Å². The number of nitrogens with two attached hydrogens (primary N) is 1. The molecule has 302 valence electrons. The lowest BCUT2D eigenvalue weighted by atomic mass is 9.84. The molecule has 0 aromatic heterocycles. The van der Waals surface area contributed by atoms with Gasteiger partial charge in [0.15, 0.2) is 0 Å². The molecule has 16 heteroatoms. The Morgan fingerprint density at radius 3 is 0.887 bits per heavy atom. The van der Waals surface area contributed by atoms with Gasteiger partial charge in [0.2, 0.25) is 17.7 Å². The summed E-state index contributed by atoms with van der Waals surface area (Å²) in [5.41, 5.74) is 5.78. The molecule has 53 heavy (non-hydrogen) atoms. The number of amides is 3. The van der Waals surface area contributed by atoms with Crippen molar-refractivity contribution in [2.24, 2.45) is 5.73 Å². The number of nitrogens with one attached hydrogen (secondary N) is 3. The second kappa shape index (κ2) is 38.4. The Hall–Kier alpha value is -3.31. The summed E-state index contributed by atoms with van der Waals surface area (Å²) in [6, 6.07) is 0. The maximum atomic E-state index is 12.6. The van der Waals surface area contributed by atoms with E-state index >= 15 is 0 Å². The van der Waals surface area contributed by atoms with E-state index in [1.807, 2.05) is 0 Å². The molecular formula is C37H62N4O12. The highest BCUT2D eigenvalue weighted by Gasteiger charge is 2.27. The average Bonchev–Trinajstić information content (AvgIpc) is 3.15. The standard InChI is InChI=1S/C37H62N4O12/c1-4-16-45-22-28-51-31-25-48-19-13-39-34(42)7-10-37(38,11-8-35(43)40-14-20-49-26-32-52-29-23-46-17-5-2)12-9-36(44)41-15-21-50-27-33-53-30-24-47-18-6-3/h1-3H,7-33,38H2,(H,39,42)(H,40,43)(H,41,44). The molecule has 0 atom stereocenters. The monoisotopic (exact) mass is 754 g/mol. The van der Waals surface area contributed by atoms with Crippen molar-refractivity contribution in [3.05, 3.63) is 0 Å². The van der Waals surface area contributed by atoms with Gasteiger partial charge >= 0.3 is 0 Å². The van der Waals surface area contributed by atoms with Crippen LogP contribution in [-0.4, -0.2) is 162 Å². The van der Waals surface area contributed by atoms with Gasteiger partial charge in [-0.05, 0) is 19.3 Å². The second-order valence-corrected chi connectivity index (χ2v) is 11.4. The van der Waals surface area contributed by atoms with Crippen LogP contribution in [0.5, 0.6) is 0 Å². The lowest BCUT2D eigenvalue weighted by Crippen LogP contribution is -2.44. The average molecular weight is 755 g/mol. The summed E-state index contributed by atoms with van der Waals surface area (Å²) < 4.78 is 47.9. The summed E-state index contributed by atoms with van der Waals surface area (Å²) in [5.74, 6) is 6.51. The predicted molar refractivity (Wildman–Crippen MR) is 198 cm³/mol. The van der Waals surface area contributed by atoms with E-state index in [1.165, 1.54) is 0 Å². The highest BCUT2D eigenvalue weighted by atomic mass is 16.6. The Morgan fingerprint density at radius 1 is 0.415 bits per heavy atom. The summed E-state index contributed by atoms with van der Waals surface area (Å²) >= 11 is 0. The van der Waals surface area contributed by atoms with Crippen molar-refractivity contribution in [3.63, 3.8) is 0 Å². The Morgan fingerprint density at radius 2 is 0.642 bits per heavy atom. The third-order valence-corrected chi connectivity index (χ3v) is 7.04. The number of ether oxygens (including phenoxy) is 9. The topological polar surface area (TPSA) is 196 Å². The Kier molecular flexibility index (Phi) is 36.0. The maximum absolute atomic E-state index is 12.6. The number of rotatable bonds is 39. The second-order valence-electron chi connectivity index (χ2n) is 11.4. The first kappa shape index (κ1) is 49.7. The van der Waals surface area contributed by atoms with Crippen molar-refractivity contribution in [1.82, 2.24) is 16.0 Å². The SMILES string of the molecule is C#CCOCCOCCOCCNC(=O)CCC(N)(CCC(=O)NCCOCCOCCOCC#C)CCC(=O)NCCOCCOCCOCC#C. The number of hydrogen-bond acceptors (Lipinski definition) is 13. The first-order valence-electron chi connectivity index (χ1n) is 18.0. The summed E-state index contributed by atoms with van der Waals surface area (Å²) in [4.78, 5) is 37.7. The van der Waals surface area contributed by atoms with E-state index in [-0.39, 0.29) is 76.1 Å². The molecule has 0 saturated heterocycles. The quantitative estimate of drug-likeness (QED) is 0.0460. The summed E-state index contributed by atoms with van der Waals surface area (Å²) in [7, 11) is 0. The van der Waals surface area contributed by atoms with E-state index in [1.54, 1.807) is 0 Å². The molecule has 0 fully saturated rings. The molecule has 5 N–H and O–H groups in total. The molecule has 0 aliphatic rings. The molecular weight excluding hydrogens is 692 g/mol. The zero-order valence-electron chi connectivity index (χ0n) is 31.3. The Labute approximate surface area is 315 Å². The van der Waals surface area contributed by atoms with Crippen LogP contribution in [0.4, 0.5) is 0 Å². The number of carbonyl (C=O) groups is 3. The largest absolute Gasteiger partial charge is 0.377 e. The first-order valence-corrected chi connectivity index (χ1v) is 18.0. The minimum atomic E-state index is -0.931. The summed E-state index contributed by atoms with van der Waals surface area (Å²) in [6.45, 7) is 7.40. The molecule has 0 saturated carbocycles.